The zero-order chi connectivity index (χ0) is 17.8. The van der Waals surface area contributed by atoms with Crippen molar-refractivity contribution in [2.45, 2.75) is 13.0 Å². The Morgan fingerprint density at radius 1 is 1.04 bits per heavy atom. The SMILES string of the molecule is CC(NC(=O)c1ccccc1Cl)C(=O)Nc1cccc2ncccc12. The van der Waals surface area contributed by atoms with Crippen LogP contribution < -0.4 is 10.6 Å². The maximum atomic E-state index is 12.4. The molecule has 2 N–H and O–H groups in total. The molecule has 1 aromatic heterocycles. The molecule has 3 aromatic rings. The Hall–Kier alpha value is -2.92. The molecule has 126 valence electrons. The average Bonchev–Trinajstić information content (AvgIpc) is 2.62. The monoisotopic (exact) mass is 353 g/mol. The number of carbonyl (C=O) groups excluding carboxylic acids is 2. The zero-order valence-electron chi connectivity index (χ0n) is 13.5. The fourth-order valence-electron chi connectivity index (χ4n) is 2.44. The lowest BCUT2D eigenvalue weighted by molar-refractivity contribution is -0.117. The molecule has 0 radical (unpaired) electrons. The molecular weight excluding hydrogens is 338 g/mol. The highest BCUT2D eigenvalue weighted by atomic mass is 35.5. The van der Waals surface area contributed by atoms with Crippen LogP contribution in [0.15, 0.2) is 60.8 Å². The highest BCUT2D eigenvalue weighted by molar-refractivity contribution is 6.33. The summed E-state index contributed by atoms with van der Waals surface area (Å²) >= 11 is 6.01. The molecule has 0 spiro atoms. The number of halogens is 1. The van der Waals surface area contributed by atoms with Crippen molar-refractivity contribution >= 4 is 40.0 Å². The fourth-order valence-corrected chi connectivity index (χ4v) is 2.66. The van der Waals surface area contributed by atoms with E-state index in [1.807, 2.05) is 18.2 Å². The number of benzene rings is 2. The van der Waals surface area contributed by atoms with Crippen molar-refractivity contribution < 1.29 is 9.59 Å². The van der Waals surface area contributed by atoms with Crippen molar-refractivity contribution in [2.75, 3.05) is 5.32 Å². The lowest BCUT2D eigenvalue weighted by Crippen LogP contribution is -2.41. The second-order valence-electron chi connectivity index (χ2n) is 5.54. The predicted molar refractivity (Wildman–Crippen MR) is 98.8 cm³/mol. The number of aromatic nitrogens is 1. The van der Waals surface area contributed by atoms with Gasteiger partial charge in [-0.05, 0) is 43.3 Å². The Kier molecular flexibility index (Phi) is 4.95. The number of anilines is 1. The number of carbonyl (C=O) groups is 2. The topological polar surface area (TPSA) is 71.1 Å². The minimum atomic E-state index is -0.726. The van der Waals surface area contributed by atoms with Crippen LogP contribution in [0.5, 0.6) is 0 Å². The number of fused-ring (bicyclic) bond motifs is 1. The molecule has 0 aliphatic heterocycles. The zero-order valence-corrected chi connectivity index (χ0v) is 14.2. The first-order chi connectivity index (χ1) is 12.1. The summed E-state index contributed by atoms with van der Waals surface area (Å²) in [5.41, 5.74) is 1.76. The van der Waals surface area contributed by atoms with E-state index in [1.165, 1.54) is 0 Å². The Morgan fingerprint density at radius 2 is 1.84 bits per heavy atom. The van der Waals surface area contributed by atoms with E-state index < -0.39 is 11.9 Å². The first kappa shape index (κ1) is 16.9. The molecule has 0 saturated carbocycles. The van der Waals surface area contributed by atoms with Crippen LogP contribution in [0.1, 0.15) is 17.3 Å². The molecule has 0 bridgehead atoms. The van der Waals surface area contributed by atoms with Gasteiger partial charge in [-0.2, -0.15) is 0 Å². The van der Waals surface area contributed by atoms with Crippen molar-refractivity contribution in [1.29, 1.82) is 0 Å². The number of pyridine rings is 1. The van der Waals surface area contributed by atoms with Crippen LogP contribution in [0.3, 0.4) is 0 Å². The molecule has 2 aromatic carbocycles. The van der Waals surface area contributed by atoms with Crippen LogP contribution in [0.2, 0.25) is 5.02 Å². The van der Waals surface area contributed by atoms with E-state index in [-0.39, 0.29) is 5.91 Å². The molecule has 5 nitrogen and oxygen atoms in total. The highest BCUT2D eigenvalue weighted by Gasteiger charge is 2.18. The Labute approximate surface area is 150 Å². The summed E-state index contributed by atoms with van der Waals surface area (Å²) < 4.78 is 0. The van der Waals surface area contributed by atoms with Crippen molar-refractivity contribution in [3.63, 3.8) is 0 Å². The lowest BCUT2D eigenvalue weighted by atomic mass is 10.1. The van der Waals surface area contributed by atoms with Crippen LogP contribution in [0, 0.1) is 0 Å². The van der Waals surface area contributed by atoms with Gasteiger partial charge < -0.3 is 10.6 Å². The van der Waals surface area contributed by atoms with Gasteiger partial charge >= 0.3 is 0 Å². The molecule has 0 aliphatic rings. The molecule has 2 amide bonds. The largest absolute Gasteiger partial charge is 0.340 e. The minimum Gasteiger partial charge on any atom is -0.340 e. The molecule has 3 rings (SSSR count). The molecule has 1 heterocycles. The van der Waals surface area contributed by atoms with Gasteiger partial charge in [0.05, 0.1) is 21.8 Å². The quantitative estimate of drug-likeness (QED) is 0.752. The summed E-state index contributed by atoms with van der Waals surface area (Å²) in [6.07, 6.45) is 1.69. The molecule has 25 heavy (non-hydrogen) atoms. The van der Waals surface area contributed by atoms with E-state index in [0.717, 1.165) is 10.9 Å². The smallest absolute Gasteiger partial charge is 0.253 e. The van der Waals surface area contributed by atoms with Gasteiger partial charge in [0.15, 0.2) is 0 Å². The number of amides is 2. The molecular formula is C19H16ClN3O2. The molecule has 1 unspecified atom stereocenters. The van der Waals surface area contributed by atoms with Crippen LogP contribution in [0.4, 0.5) is 5.69 Å². The molecule has 6 heteroatoms. The predicted octanol–water partition coefficient (Wildman–Crippen LogP) is 3.65. The number of nitrogens with zero attached hydrogens (tertiary/aromatic N) is 1. The van der Waals surface area contributed by atoms with Gasteiger partial charge in [0.25, 0.3) is 5.91 Å². The maximum Gasteiger partial charge on any atom is 0.253 e. The summed E-state index contributed by atoms with van der Waals surface area (Å²) in [6.45, 7) is 1.62. The fraction of sp³-hybridized carbons (Fsp3) is 0.105. The van der Waals surface area contributed by atoms with Crippen molar-refractivity contribution in [2.24, 2.45) is 0 Å². The maximum absolute atomic E-state index is 12.4. The summed E-state index contributed by atoms with van der Waals surface area (Å²) in [4.78, 5) is 28.9. The number of nitrogens with one attached hydrogen (secondary N) is 2. The third kappa shape index (κ3) is 3.78. The van der Waals surface area contributed by atoms with E-state index in [9.17, 15) is 9.59 Å². The van der Waals surface area contributed by atoms with Crippen molar-refractivity contribution in [3.8, 4) is 0 Å². The summed E-state index contributed by atoms with van der Waals surface area (Å²) in [7, 11) is 0. The second-order valence-corrected chi connectivity index (χ2v) is 5.95. The summed E-state index contributed by atoms with van der Waals surface area (Å²) in [6, 6.07) is 15.1. The Balaban J connectivity index is 1.72. The third-order valence-electron chi connectivity index (χ3n) is 3.76. The van der Waals surface area contributed by atoms with E-state index in [0.29, 0.717) is 16.3 Å². The van der Waals surface area contributed by atoms with E-state index >= 15 is 0 Å². The van der Waals surface area contributed by atoms with Crippen LogP contribution in [0.25, 0.3) is 10.9 Å². The van der Waals surface area contributed by atoms with Crippen molar-refractivity contribution in [1.82, 2.24) is 10.3 Å². The van der Waals surface area contributed by atoms with E-state index in [4.69, 9.17) is 11.6 Å². The van der Waals surface area contributed by atoms with Gasteiger partial charge in [0.1, 0.15) is 6.04 Å². The van der Waals surface area contributed by atoms with Crippen LogP contribution in [-0.2, 0) is 4.79 Å². The van der Waals surface area contributed by atoms with Gasteiger partial charge in [0.2, 0.25) is 5.91 Å². The highest BCUT2D eigenvalue weighted by Crippen LogP contribution is 2.21. The first-order valence-electron chi connectivity index (χ1n) is 7.76. The number of hydrogen-bond donors (Lipinski definition) is 2. The minimum absolute atomic E-state index is 0.322. The number of rotatable bonds is 4. The second kappa shape index (κ2) is 7.32. The third-order valence-corrected chi connectivity index (χ3v) is 4.09. The summed E-state index contributed by atoms with van der Waals surface area (Å²) in [5.74, 6) is -0.718. The normalized spacial score (nSPS) is 11.8. The molecule has 0 saturated heterocycles. The molecule has 0 aliphatic carbocycles. The Bertz CT molecular complexity index is 937. The number of hydrogen-bond acceptors (Lipinski definition) is 3. The van der Waals surface area contributed by atoms with E-state index in [1.54, 1.807) is 49.5 Å². The first-order valence-corrected chi connectivity index (χ1v) is 8.14. The summed E-state index contributed by atoms with van der Waals surface area (Å²) in [5, 5.41) is 6.66. The lowest BCUT2D eigenvalue weighted by Gasteiger charge is -2.15. The standard InChI is InChI=1S/C19H16ClN3O2/c1-12(22-19(25)13-6-2-3-8-15(13)20)18(24)23-17-10-4-9-16-14(17)7-5-11-21-16/h2-12H,1H3,(H,22,25)(H,23,24). The van der Waals surface area contributed by atoms with Gasteiger partial charge in [-0.25, -0.2) is 0 Å². The Morgan fingerprint density at radius 3 is 2.64 bits per heavy atom. The van der Waals surface area contributed by atoms with Gasteiger partial charge in [-0.1, -0.05) is 29.8 Å². The molecule has 1 atom stereocenters. The van der Waals surface area contributed by atoms with Crippen LogP contribution >= 0.6 is 11.6 Å². The van der Waals surface area contributed by atoms with Crippen LogP contribution in [-0.4, -0.2) is 22.8 Å². The van der Waals surface area contributed by atoms with E-state index in [2.05, 4.69) is 15.6 Å². The van der Waals surface area contributed by atoms with Gasteiger partial charge in [-0.3, -0.25) is 14.6 Å². The van der Waals surface area contributed by atoms with Gasteiger partial charge in [-0.15, -0.1) is 0 Å². The van der Waals surface area contributed by atoms with Crippen molar-refractivity contribution in [3.05, 3.63) is 71.4 Å². The van der Waals surface area contributed by atoms with Gasteiger partial charge in [0, 0.05) is 11.6 Å². The molecule has 0 fully saturated rings. The average molecular weight is 354 g/mol.